The third-order valence-electron chi connectivity index (χ3n) is 3.29. The summed E-state index contributed by atoms with van der Waals surface area (Å²) in [4.78, 5) is 14.0. The summed E-state index contributed by atoms with van der Waals surface area (Å²) in [6, 6.07) is 2.11. The quantitative estimate of drug-likeness (QED) is 0.834. The van der Waals surface area contributed by atoms with Gasteiger partial charge in [0.15, 0.2) is 4.67 Å². The van der Waals surface area contributed by atoms with Gasteiger partial charge in [-0.3, -0.25) is 4.79 Å². The molecule has 1 saturated carbocycles. The Morgan fingerprint density at radius 1 is 1.44 bits per heavy atom. The second-order valence-electron chi connectivity index (χ2n) is 4.32. The van der Waals surface area contributed by atoms with Crippen molar-refractivity contribution >= 4 is 21.8 Å². The van der Waals surface area contributed by atoms with Crippen LogP contribution in [-0.4, -0.2) is 23.9 Å². The molecular weight excluding hydrogens is 270 g/mol. The highest BCUT2D eigenvalue weighted by atomic mass is 79.9. The van der Waals surface area contributed by atoms with Gasteiger partial charge >= 0.3 is 0 Å². The Bertz CT molecular complexity index is 369. The molecule has 2 rings (SSSR count). The molecule has 0 aromatic carbocycles. The van der Waals surface area contributed by atoms with Gasteiger partial charge in [0.2, 0.25) is 0 Å². The molecule has 4 heteroatoms. The number of hydrogen-bond donors (Lipinski definition) is 0. The molecule has 1 aliphatic rings. The van der Waals surface area contributed by atoms with E-state index in [4.69, 9.17) is 4.42 Å². The first kappa shape index (κ1) is 11.7. The molecule has 0 N–H and O–H groups in total. The van der Waals surface area contributed by atoms with Crippen molar-refractivity contribution in [1.82, 2.24) is 4.90 Å². The Morgan fingerprint density at radius 3 is 2.69 bits per heavy atom. The zero-order chi connectivity index (χ0) is 11.5. The third kappa shape index (κ3) is 2.32. The van der Waals surface area contributed by atoms with Crippen molar-refractivity contribution < 1.29 is 9.21 Å². The summed E-state index contributed by atoms with van der Waals surface area (Å²) in [5, 5.41) is 0. The lowest BCUT2D eigenvalue weighted by atomic mass is 9.94. The summed E-state index contributed by atoms with van der Waals surface area (Å²) in [5.41, 5.74) is 0.619. The molecule has 1 aliphatic carbocycles. The van der Waals surface area contributed by atoms with Crippen LogP contribution in [0, 0.1) is 0 Å². The van der Waals surface area contributed by atoms with E-state index in [0.717, 1.165) is 12.8 Å². The van der Waals surface area contributed by atoms with Gasteiger partial charge in [0.05, 0.1) is 11.8 Å². The van der Waals surface area contributed by atoms with E-state index in [-0.39, 0.29) is 5.91 Å². The van der Waals surface area contributed by atoms with Crippen molar-refractivity contribution in [3.05, 3.63) is 22.6 Å². The summed E-state index contributed by atoms with van der Waals surface area (Å²) >= 11 is 3.25. The predicted octanol–water partition coefficient (Wildman–Crippen LogP) is 3.45. The van der Waals surface area contributed by atoms with Crippen molar-refractivity contribution in [2.24, 2.45) is 0 Å². The molecule has 0 atom stereocenters. The van der Waals surface area contributed by atoms with Gasteiger partial charge in [-0.1, -0.05) is 19.3 Å². The minimum atomic E-state index is 0.0486. The van der Waals surface area contributed by atoms with Crippen LogP contribution in [0.2, 0.25) is 0 Å². The first-order chi connectivity index (χ1) is 7.70. The van der Waals surface area contributed by atoms with E-state index in [1.54, 1.807) is 6.07 Å². The summed E-state index contributed by atoms with van der Waals surface area (Å²) in [6.07, 6.45) is 7.54. The van der Waals surface area contributed by atoms with Crippen LogP contribution in [0.5, 0.6) is 0 Å². The molecule has 1 amide bonds. The van der Waals surface area contributed by atoms with E-state index in [1.807, 2.05) is 11.9 Å². The second-order valence-corrected chi connectivity index (χ2v) is 5.04. The largest absolute Gasteiger partial charge is 0.457 e. The fourth-order valence-corrected chi connectivity index (χ4v) is 2.68. The molecule has 0 spiro atoms. The number of furan rings is 1. The van der Waals surface area contributed by atoms with Crippen LogP contribution >= 0.6 is 15.9 Å². The number of hydrogen-bond acceptors (Lipinski definition) is 2. The Labute approximate surface area is 104 Å². The van der Waals surface area contributed by atoms with Crippen LogP contribution in [0.4, 0.5) is 0 Å². The fraction of sp³-hybridized carbons (Fsp3) is 0.583. The summed E-state index contributed by atoms with van der Waals surface area (Å²) < 4.78 is 5.62. The Kier molecular flexibility index (Phi) is 3.69. The average molecular weight is 286 g/mol. The molecule has 1 aromatic rings. The maximum Gasteiger partial charge on any atom is 0.258 e. The van der Waals surface area contributed by atoms with Crippen molar-refractivity contribution in [2.75, 3.05) is 7.05 Å². The zero-order valence-corrected chi connectivity index (χ0v) is 11.0. The maximum absolute atomic E-state index is 12.2. The second kappa shape index (κ2) is 5.04. The van der Waals surface area contributed by atoms with Crippen molar-refractivity contribution in [3.8, 4) is 0 Å². The monoisotopic (exact) mass is 285 g/mol. The highest BCUT2D eigenvalue weighted by Gasteiger charge is 2.24. The average Bonchev–Trinajstić information content (AvgIpc) is 2.75. The normalized spacial score (nSPS) is 17.4. The van der Waals surface area contributed by atoms with Crippen LogP contribution in [0.1, 0.15) is 42.5 Å². The van der Waals surface area contributed by atoms with Crippen molar-refractivity contribution in [2.45, 2.75) is 38.1 Å². The molecule has 16 heavy (non-hydrogen) atoms. The number of rotatable bonds is 2. The minimum absolute atomic E-state index is 0.0486. The Balaban J connectivity index is 2.06. The third-order valence-corrected chi connectivity index (χ3v) is 3.91. The van der Waals surface area contributed by atoms with Crippen molar-refractivity contribution in [1.29, 1.82) is 0 Å². The number of nitrogens with zero attached hydrogens (tertiary/aromatic N) is 1. The number of carbonyl (C=O) groups is 1. The standard InChI is InChI=1S/C12H16BrNO2/c1-14(9-5-3-2-4-6-9)12(15)10-7-8-16-11(10)13/h7-9H,2-6H2,1H3. The zero-order valence-electron chi connectivity index (χ0n) is 9.41. The van der Waals surface area contributed by atoms with E-state index >= 15 is 0 Å². The first-order valence-electron chi connectivity index (χ1n) is 5.70. The highest BCUT2D eigenvalue weighted by molar-refractivity contribution is 9.10. The number of carbonyl (C=O) groups excluding carboxylic acids is 1. The molecule has 88 valence electrons. The van der Waals surface area contributed by atoms with Gasteiger partial charge in [-0.2, -0.15) is 0 Å². The van der Waals surface area contributed by atoms with Crippen molar-refractivity contribution in [3.63, 3.8) is 0 Å². The van der Waals surface area contributed by atoms with Gasteiger partial charge in [-0.05, 0) is 34.8 Å². The maximum atomic E-state index is 12.2. The van der Waals surface area contributed by atoms with Crippen LogP contribution in [-0.2, 0) is 0 Å². The molecule has 1 aromatic heterocycles. The molecule has 0 unspecified atom stereocenters. The van der Waals surface area contributed by atoms with E-state index in [9.17, 15) is 4.79 Å². The van der Waals surface area contributed by atoms with E-state index < -0.39 is 0 Å². The predicted molar refractivity (Wildman–Crippen MR) is 65.4 cm³/mol. The smallest absolute Gasteiger partial charge is 0.258 e. The minimum Gasteiger partial charge on any atom is -0.457 e. The molecule has 0 saturated heterocycles. The summed E-state index contributed by atoms with van der Waals surface area (Å²) in [6.45, 7) is 0. The number of amides is 1. The molecule has 1 heterocycles. The number of halogens is 1. The highest BCUT2D eigenvalue weighted by Crippen LogP contribution is 2.25. The van der Waals surface area contributed by atoms with Gasteiger partial charge in [0.1, 0.15) is 0 Å². The van der Waals surface area contributed by atoms with E-state index in [2.05, 4.69) is 15.9 Å². The lowest BCUT2D eigenvalue weighted by Crippen LogP contribution is -2.38. The molecule has 0 radical (unpaired) electrons. The van der Waals surface area contributed by atoms with Gasteiger partial charge in [0.25, 0.3) is 5.91 Å². The molecule has 0 aliphatic heterocycles. The SMILES string of the molecule is CN(C(=O)c1ccoc1Br)C1CCCCC1. The van der Waals surface area contributed by atoms with Gasteiger partial charge in [0, 0.05) is 13.1 Å². The van der Waals surface area contributed by atoms with E-state index in [0.29, 0.717) is 16.3 Å². The van der Waals surface area contributed by atoms with Gasteiger partial charge in [-0.15, -0.1) is 0 Å². The lowest BCUT2D eigenvalue weighted by Gasteiger charge is -2.31. The fourth-order valence-electron chi connectivity index (χ4n) is 2.27. The Morgan fingerprint density at radius 2 is 2.12 bits per heavy atom. The Hall–Kier alpha value is -0.770. The molecular formula is C12H16BrNO2. The van der Waals surface area contributed by atoms with Crippen LogP contribution in [0.15, 0.2) is 21.4 Å². The topological polar surface area (TPSA) is 33.5 Å². The first-order valence-corrected chi connectivity index (χ1v) is 6.49. The molecule has 1 fully saturated rings. The van der Waals surface area contributed by atoms with Crippen LogP contribution in [0.25, 0.3) is 0 Å². The van der Waals surface area contributed by atoms with Crippen LogP contribution in [0.3, 0.4) is 0 Å². The molecule has 3 nitrogen and oxygen atoms in total. The van der Waals surface area contributed by atoms with Crippen LogP contribution < -0.4 is 0 Å². The summed E-state index contributed by atoms with van der Waals surface area (Å²) in [5.74, 6) is 0.0486. The van der Waals surface area contributed by atoms with Gasteiger partial charge < -0.3 is 9.32 Å². The molecule has 0 bridgehead atoms. The lowest BCUT2D eigenvalue weighted by molar-refractivity contribution is 0.0694. The van der Waals surface area contributed by atoms with Gasteiger partial charge in [-0.25, -0.2) is 0 Å². The summed E-state index contributed by atoms with van der Waals surface area (Å²) in [7, 11) is 1.89. The van der Waals surface area contributed by atoms with E-state index in [1.165, 1.54) is 25.5 Å².